The first-order valence-electron chi connectivity index (χ1n) is 9.98. The molecular formula is C22H23F3N4O. The molecule has 8 heteroatoms. The van der Waals surface area contributed by atoms with E-state index in [2.05, 4.69) is 14.9 Å². The number of para-hydroxylation sites is 2. The third-order valence-corrected chi connectivity index (χ3v) is 5.43. The smallest absolute Gasteiger partial charge is 0.342 e. The fourth-order valence-corrected chi connectivity index (χ4v) is 3.72. The summed E-state index contributed by atoms with van der Waals surface area (Å²) in [5.41, 5.74) is 2.08. The van der Waals surface area contributed by atoms with Gasteiger partial charge in [-0.2, -0.15) is 13.2 Å². The monoisotopic (exact) mass is 416 g/mol. The average Bonchev–Trinajstić information content (AvgIpc) is 3.15. The summed E-state index contributed by atoms with van der Waals surface area (Å²) in [6.07, 6.45) is -3.34. The topological polar surface area (TPSA) is 52.2 Å². The van der Waals surface area contributed by atoms with Gasteiger partial charge in [0.2, 0.25) is 5.91 Å². The Bertz CT molecular complexity index is 972. The second-order valence-electron chi connectivity index (χ2n) is 7.55. The SMILES string of the molecule is O=C(CCc1nc2ccccc2[nH]1)N1CCN(Cc2ccc(C(F)(F)F)cc2)CC1. The predicted octanol–water partition coefficient (Wildman–Crippen LogP) is 3.86. The van der Waals surface area contributed by atoms with Crippen molar-refractivity contribution in [2.75, 3.05) is 26.2 Å². The number of alkyl halides is 3. The Morgan fingerprint density at radius 3 is 2.37 bits per heavy atom. The summed E-state index contributed by atoms with van der Waals surface area (Å²) in [7, 11) is 0. The summed E-state index contributed by atoms with van der Waals surface area (Å²) < 4.78 is 38.0. The summed E-state index contributed by atoms with van der Waals surface area (Å²) in [5.74, 6) is 0.912. The van der Waals surface area contributed by atoms with E-state index < -0.39 is 11.7 Å². The molecule has 1 aromatic heterocycles. The number of nitrogens with one attached hydrogen (secondary N) is 1. The van der Waals surface area contributed by atoms with Gasteiger partial charge in [0.1, 0.15) is 5.82 Å². The van der Waals surface area contributed by atoms with Gasteiger partial charge in [0.05, 0.1) is 16.6 Å². The fraction of sp³-hybridized carbons (Fsp3) is 0.364. The van der Waals surface area contributed by atoms with E-state index in [4.69, 9.17) is 0 Å². The van der Waals surface area contributed by atoms with Crippen LogP contribution in [-0.4, -0.2) is 51.9 Å². The first-order chi connectivity index (χ1) is 14.4. The number of aromatic amines is 1. The maximum atomic E-state index is 12.7. The number of hydrogen-bond acceptors (Lipinski definition) is 3. The number of amides is 1. The Morgan fingerprint density at radius 1 is 1.00 bits per heavy atom. The number of aromatic nitrogens is 2. The molecule has 1 aliphatic heterocycles. The molecule has 0 spiro atoms. The lowest BCUT2D eigenvalue weighted by Crippen LogP contribution is -2.48. The van der Waals surface area contributed by atoms with Gasteiger partial charge in [-0.25, -0.2) is 4.98 Å². The molecule has 1 N–H and O–H groups in total. The number of carbonyl (C=O) groups excluding carboxylic acids is 1. The summed E-state index contributed by atoms with van der Waals surface area (Å²) >= 11 is 0. The van der Waals surface area contributed by atoms with Crippen LogP contribution in [-0.2, 0) is 23.9 Å². The van der Waals surface area contributed by atoms with Crippen LogP contribution in [0.1, 0.15) is 23.4 Å². The molecule has 4 rings (SSSR count). The van der Waals surface area contributed by atoms with Crippen molar-refractivity contribution < 1.29 is 18.0 Å². The first kappa shape index (κ1) is 20.4. The Hall–Kier alpha value is -2.87. The lowest BCUT2D eigenvalue weighted by atomic mass is 10.1. The average molecular weight is 416 g/mol. The Kier molecular flexibility index (Phi) is 5.76. The van der Waals surface area contributed by atoms with Gasteiger partial charge in [-0.05, 0) is 29.8 Å². The highest BCUT2D eigenvalue weighted by atomic mass is 19.4. The van der Waals surface area contributed by atoms with Gasteiger partial charge < -0.3 is 9.88 Å². The third-order valence-electron chi connectivity index (χ3n) is 5.43. The van der Waals surface area contributed by atoms with Crippen molar-refractivity contribution in [3.05, 3.63) is 65.5 Å². The predicted molar refractivity (Wildman–Crippen MR) is 108 cm³/mol. The number of nitrogens with zero attached hydrogens (tertiary/aromatic N) is 3. The minimum absolute atomic E-state index is 0.102. The van der Waals surface area contributed by atoms with Crippen LogP contribution in [0.15, 0.2) is 48.5 Å². The molecule has 2 aromatic carbocycles. The van der Waals surface area contributed by atoms with Crippen molar-refractivity contribution in [2.24, 2.45) is 0 Å². The molecule has 0 aliphatic carbocycles. The van der Waals surface area contributed by atoms with E-state index in [-0.39, 0.29) is 5.91 Å². The van der Waals surface area contributed by atoms with Gasteiger partial charge in [-0.1, -0.05) is 24.3 Å². The zero-order valence-corrected chi connectivity index (χ0v) is 16.5. The molecule has 0 unspecified atom stereocenters. The van der Waals surface area contributed by atoms with E-state index in [0.29, 0.717) is 45.6 Å². The van der Waals surface area contributed by atoms with Crippen LogP contribution in [0.4, 0.5) is 13.2 Å². The number of halogens is 3. The summed E-state index contributed by atoms with van der Waals surface area (Å²) in [6.45, 7) is 3.24. The molecule has 30 heavy (non-hydrogen) atoms. The Morgan fingerprint density at radius 2 is 1.70 bits per heavy atom. The number of aryl methyl sites for hydroxylation is 1. The number of benzene rings is 2. The maximum Gasteiger partial charge on any atom is 0.416 e. The van der Waals surface area contributed by atoms with Gasteiger partial charge in [0, 0.05) is 45.6 Å². The summed E-state index contributed by atoms with van der Waals surface area (Å²) in [6, 6.07) is 13.1. The highest BCUT2D eigenvalue weighted by Crippen LogP contribution is 2.29. The summed E-state index contributed by atoms with van der Waals surface area (Å²) in [4.78, 5) is 24.3. The van der Waals surface area contributed by atoms with Crippen molar-refractivity contribution >= 4 is 16.9 Å². The fourth-order valence-electron chi connectivity index (χ4n) is 3.72. The quantitative estimate of drug-likeness (QED) is 0.687. The Labute approximate surface area is 172 Å². The number of piperazine rings is 1. The van der Waals surface area contributed by atoms with Crippen LogP contribution in [0.25, 0.3) is 11.0 Å². The van der Waals surface area contributed by atoms with E-state index in [1.54, 1.807) is 0 Å². The largest absolute Gasteiger partial charge is 0.416 e. The maximum absolute atomic E-state index is 12.7. The third kappa shape index (κ3) is 4.81. The zero-order chi connectivity index (χ0) is 21.1. The van der Waals surface area contributed by atoms with E-state index in [0.717, 1.165) is 34.6 Å². The van der Waals surface area contributed by atoms with Gasteiger partial charge in [-0.3, -0.25) is 9.69 Å². The van der Waals surface area contributed by atoms with E-state index in [9.17, 15) is 18.0 Å². The van der Waals surface area contributed by atoms with Crippen molar-refractivity contribution in [2.45, 2.75) is 25.6 Å². The van der Waals surface area contributed by atoms with Gasteiger partial charge >= 0.3 is 6.18 Å². The van der Waals surface area contributed by atoms with Crippen LogP contribution < -0.4 is 0 Å². The molecule has 0 saturated carbocycles. The second kappa shape index (κ2) is 8.47. The van der Waals surface area contributed by atoms with Crippen molar-refractivity contribution in [1.29, 1.82) is 0 Å². The molecule has 1 fully saturated rings. The molecule has 1 saturated heterocycles. The van der Waals surface area contributed by atoms with Crippen LogP contribution in [0.5, 0.6) is 0 Å². The first-order valence-corrected chi connectivity index (χ1v) is 9.98. The minimum Gasteiger partial charge on any atom is -0.342 e. The number of H-pyrrole nitrogens is 1. The second-order valence-corrected chi connectivity index (χ2v) is 7.55. The van der Waals surface area contributed by atoms with Gasteiger partial charge in [-0.15, -0.1) is 0 Å². The van der Waals surface area contributed by atoms with Crippen molar-refractivity contribution in [3.63, 3.8) is 0 Å². The normalized spacial score (nSPS) is 15.6. The van der Waals surface area contributed by atoms with E-state index in [1.807, 2.05) is 29.2 Å². The molecule has 0 radical (unpaired) electrons. The number of hydrogen-bond donors (Lipinski definition) is 1. The van der Waals surface area contributed by atoms with Gasteiger partial charge in [0.25, 0.3) is 0 Å². The molecule has 0 bridgehead atoms. The molecule has 158 valence electrons. The van der Waals surface area contributed by atoms with Crippen LogP contribution in [0.3, 0.4) is 0 Å². The number of rotatable bonds is 5. The molecule has 3 aromatic rings. The standard InChI is InChI=1S/C22H23F3N4O/c23-22(24,25)17-7-5-16(6-8-17)15-28-11-13-29(14-12-28)21(30)10-9-20-26-18-3-1-2-4-19(18)27-20/h1-8H,9-15H2,(H,26,27). The molecule has 2 heterocycles. The number of carbonyl (C=O) groups is 1. The van der Waals surface area contributed by atoms with Crippen molar-refractivity contribution in [3.8, 4) is 0 Å². The molecular weight excluding hydrogens is 393 g/mol. The zero-order valence-electron chi connectivity index (χ0n) is 16.5. The molecule has 0 atom stereocenters. The number of imidazole rings is 1. The number of fused-ring (bicyclic) bond motifs is 1. The highest BCUT2D eigenvalue weighted by Gasteiger charge is 2.30. The van der Waals surface area contributed by atoms with Crippen LogP contribution in [0.2, 0.25) is 0 Å². The highest BCUT2D eigenvalue weighted by molar-refractivity contribution is 5.77. The molecule has 1 aliphatic rings. The lowest BCUT2D eigenvalue weighted by molar-refractivity contribution is -0.137. The van der Waals surface area contributed by atoms with Crippen LogP contribution >= 0.6 is 0 Å². The minimum atomic E-state index is -4.31. The molecule has 5 nitrogen and oxygen atoms in total. The van der Waals surface area contributed by atoms with Crippen molar-refractivity contribution in [1.82, 2.24) is 19.8 Å². The van der Waals surface area contributed by atoms with Crippen LogP contribution in [0, 0.1) is 0 Å². The lowest BCUT2D eigenvalue weighted by Gasteiger charge is -2.34. The Balaban J connectivity index is 1.24. The van der Waals surface area contributed by atoms with Gasteiger partial charge in [0.15, 0.2) is 0 Å². The van der Waals surface area contributed by atoms with E-state index >= 15 is 0 Å². The summed E-state index contributed by atoms with van der Waals surface area (Å²) in [5, 5.41) is 0. The van der Waals surface area contributed by atoms with E-state index in [1.165, 1.54) is 12.1 Å². The molecule has 1 amide bonds.